The highest BCUT2D eigenvalue weighted by atomic mass is 14.1. The molecule has 0 aliphatic carbocycles. The summed E-state index contributed by atoms with van der Waals surface area (Å²) in [6.07, 6.45) is 0. The molecule has 3 rings (SSSR count). The van der Waals surface area contributed by atoms with Gasteiger partial charge in [0.1, 0.15) is 0 Å². The smallest absolute Gasteiger partial charge is 0.0622 e. The van der Waals surface area contributed by atoms with Crippen LogP contribution in [-0.2, 0) is 0 Å². The van der Waals surface area contributed by atoms with Crippen molar-refractivity contribution in [2.24, 2.45) is 0 Å². The Morgan fingerprint density at radius 2 is 1.35 bits per heavy atom. The van der Waals surface area contributed by atoms with Gasteiger partial charge in [-0.05, 0) is 47.2 Å². The molecule has 20 heavy (non-hydrogen) atoms. The van der Waals surface area contributed by atoms with Gasteiger partial charge < -0.3 is 0 Å². The van der Waals surface area contributed by atoms with Crippen molar-refractivity contribution >= 4 is 0 Å². The fourth-order valence-electron chi connectivity index (χ4n) is 2.21. The van der Waals surface area contributed by atoms with E-state index < -0.39 is 18.1 Å². The van der Waals surface area contributed by atoms with E-state index in [4.69, 9.17) is 12.3 Å². The third kappa shape index (κ3) is 2.25. The van der Waals surface area contributed by atoms with Crippen LogP contribution in [0.4, 0.5) is 0 Å². The van der Waals surface area contributed by atoms with Crippen LogP contribution in [0.25, 0.3) is 22.3 Å². The van der Waals surface area contributed by atoms with E-state index in [9.17, 15) is 0 Å². The van der Waals surface area contributed by atoms with E-state index in [2.05, 4.69) is 0 Å². The highest BCUT2D eigenvalue weighted by Crippen LogP contribution is 2.32. The largest absolute Gasteiger partial charge is 0.0629 e. The summed E-state index contributed by atoms with van der Waals surface area (Å²) < 4.78 is 72.3. The zero-order valence-electron chi connectivity index (χ0n) is 20.2. The summed E-state index contributed by atoms with van der Waals surface area (Å²) in [5.41, 5.74) is 2.30. The van der Waals surface area contributed by atoms with Crippen LogP contribution in [0.3, 0.4) is 0 Å². The summed E-state index contributed by atoms with van der Waals surface area (Å²) in [5, 5.41) is 0. The Morgan fingerprint density at radius 1 is 0.700 bits per heavy atom. The predicted molar refractivity (Wildman–Crippen MR) is 86.8 cm³/mol. The molecule has 0 aliphatic rings. The van der Waals surface area contributed by atoms with Crippen LogP contribution in [-0.4, -0.2) is 0 Å². The zero-order chi connectivity index (χ0) is 21.8. The number of rotatable bonds is 2. The Hall–Kier alpha value is -2.34. The van der Waals surface area contributed by atoms with Crippen LogP contribution in [0.2, 0.25) is 0 Å². The van der Waals surface area contributed by atoms with Gasteiger partial charge in [-0.15, -0.1) is 0 Å². The normalized spacial score (nSPS) is 16.8. The molecule has 3 aromatic carbocycles. The second-order valence-electron chi connectivity index (χ2n) is 4.48. The van der Waals surface area contributed by atoms with Crippen molar-refractivity contribution < 1.29 is 12.3 Å². The quantitative estimate of drug-likeness (QED) is 0.564. The molecule has 0 N–H and O–H groups in total. The van der Waals surface area contributed by atoms with Crippen LogP contribution in [0.15, 0.2) is 72.6 Å². The Morgan fingerprint density at radius 3 is 2.15 bits per heavy atom. The highest BCUT2D eigenvalue weighted by molar-refractivity contribution is 5.79. The van der Waals surface area contributed by atoms with E-state index >= 15 is 0 Å². The zero-order valence-corrected chi connectivity index (χ0v) is 11.2. The summed E-state index contributed by atoms with van der Waals surface area (Å²) in [4.78, 5) is 0. The third-order valence-electron chi connectivity index (χ3n) is 3.25. The summed E-state index contributed by atoms with van der Waals surface area (Å²) in [5.74, 6) is 0. The van der Waals surface area contributed by atoms with Gasteiger partial charge in [0.2, 0.25) is 0 Å². The van der Waals surface area contributed by atoms with E-state index in [1.165, 1.54) is 0 Å². The van der Waals surface area contributed by atoms with Crippen molar-refractivity contribution in [1.29, 1.82) is 0 Å². The minimum atomic E-state index is -0.467. The maximum atomic E-state index is 8.31. The van der Waals surface area contributed by atoms with Gasteiger partial charge in [0.25, 0.3) is 0 Å². The molecule has 0 atom stereocenters. The average molecular weight is 267 g/mol. The Balaban J connectivity index is 2.40. The number of hydrogen-bond donors (Lipinski definition) is 0. The molecular formula is C20H18. The molecule has 0 aliphatic heterocycles. The minimum Gasteiger partial charge on any atom is -0.0622 e. The molecule has 0 bridgehead atoms. The van der Waals surface area contributed by atoms with E-state index in [1.807, 2.05) is 0 Å². The fraction of sp³-hybridized carbons (Fsp3) is 0.100. The number of benzene rings is 3. The van der Waals surface area contributed by atoms with E-state index in [0.29, 0.717) is 27.8 Å². The molecule has 0 heteroatoms. The molecule has 0 fully saturated rings. The Labute approximate surface area is 133 Å². The van der Waals surface area contributed by atoms with Crippen molar-refractivity contribution in [3.63, 3.8) is 0 Å². The topological polar surface area (TPSA) is 0 Å². The second-order valence-corrected chi connectivity index (χ2v) is 4.48. The van der Waals surface area contributed by atoms with Gasteiger partial charge in [-0.3, -0.25) is 0 Å². The summed E-state index contributed by atoms with van der Waals surface area (Å²) in [7, 11) is 0. The lowest BCUT2D eigenvalue weighted by Gasteiger charge is -2.13. The third-order valence-corrected chi connectivity index (χ3v) is 3.25. The van der Waals surface area contributed by atoms with Gasteiger partial charge in [0, 0.05) is 0 Å². The van der Waals surface area contributed by atoms with Crippen LogP contribution in [0, 0.1) is 13.8 Å². The standard InChI is InChI=1S/C20H18/c1-15-9-6-7-12-18(15)20-14-8-13-19(16(20)2)17-10-4-3-5-11-17/h3-14H,1-2H3/i3D,4D,5D,6D,7D,9D,10D,11D,12D. The first-order chi connectivity index (χ1) is 13.5. The molecule has 3 aromatic rings. The van der Waals surface area contributed by atoms with Crippen molar-refractivity contribution in [2.75, 3.05) is 0 Å². The molecule has 0 heterocycles. The van der Waals surface area contributed by atoms with Crippen LogP contribution in [0.5, 0.6) is 0 Å². The van der Waals surface area contributed by atoms with Gasteiger partial charge in [-0.2, -0.15) is 0 Å². The molecule has 0 aromatic heterocycles. The lowest BCUT2D eigenvalue weighted by Crippen LogP contribution is -1.90. The molecule has 0 radical (unpaired) electrons. The van der Waals surface area contributed by atoms with E-state index in [-0.39, 0.29) is 41.8 Å². The minimum absolute atomic E-state index is 0.0637. The van der Waals surface area contributed by atoms with Gasteiger partial charge in [-0.25, -0.2) is 0 Å². The number of hydrogen-bond acceptors (Lipinski definition) is 0. The molecule has 0 unspecified atom stereocenters. The molecular weight excluding hydrogens is 240 g/mol. The Bertz CT molecular complexity index is 1020. The SMILES string of the molecule is [2H]c1c([2H])c([2H])c(-c2cccc(-c3c([2H])c([2H])c([2H])c([2H])c3C)c2C)c([2H])c1[2H]. The van der Waals surface area contributed by atoms with E-state index in [0.717, 1.165) is 0 Å². The van der Waals surface area contributed by atoms with Crippen LogP contribution >= 0.6 is 0 Å². The molecule has 0 saturated heterocycles. The first-order valence-electron chi connectivity index (χ1n) is 10.7. The van der Waals surface area contributed by atoms with Crippen molar-refractivity contribution in [3.05, 3.63) is 83.7 Å². The molecule has 98 valence electrons. The first-order valence-corrected chi connectivity index (χ1v) is 6.24. The lowest BCUT2D eigenvalue weighted by molar-refractivity contribution is 1.40. The molecule has 0 nitrogen and oxygen atoms in total. The predicted octanol–water partition coefficient (Wildman–Crippen LogP) is 5.64. The van der Waals surface area contributed by atoms with Crippen molar-refractivity contribution in [3.8, 4) is 22.3 Å². The average Bonchev–Trinajstić information content (AvgIpc) is 2.70. The first kappa shape index (κ1) is 5.97. The maximum Gasteiger partial charge on any atom is 0.0629 e. The monoisotopic (exact) mass is 267 g/mol. The molecule has 0 amide bonds. The lowest BCUT2D eigenvalue weighted by atomic mass is 9.91. The van der Waals surface area contributed by atoms with Crippen molar-refractivity contribution in [1.82, 2.24) is 0 Å². The maximum absolute atomic E-state index is 8.31. The highest BCUT2D eigenvalue weighted by Gasteiger charge is 2.08. The molecule has 0 saturated carbocycles. The van der Waals surface area contributed by atoms with Crippen LogP contribution < -0.4 is 0 Å². The van der Waals surface area contributed by atoms with Gasteiger partial charge in [0.15, 0.2) is 0 Å². The summed E-state index contributed by atoms with van der Waals surface area (Å²) in [6, 6.07) is 2.09. The summed E-state index contributed by atoms with van der Waals surface area (Å²) >= 11 is 0. The van der Waals surface area contributed by atoms with Crippen molar-refractivity contribution in [2.45, 2.75) is 13.8 Å². The summed E-state index contributed by atoms with van der Waals surface area (Å²) in [6.45, 7) is 3.33. The van der Waals surface area contributed by atoms with Crippen LogP contribution in [0.1, 0.15) is 23.5 Å². The van der Waals surface area contributed by atoms with Gasteiger partial charge >= 0.3 is 0 Å². The van der Waals surface area contributed by atoms with E-state index in [1.54, 1.807) is 32.0 Å². The fourth-order valence-corrected chi connectivity index (χ4v) is 2.21. The molecule has 0 spiro atoms. The van der Waals surface area contributed by atoms with Gasteiger partial charge in [0.05, 0.1) is 12.3 Å². The second kappa shape index (κ2) is 5.34. The Kier molecular flexibility index (Phi) is 1.59. The van der Waals surface area contributed by atoms with Gasteiger partial charge in [-0.1, -0.05) is 72.6 Å².